The van der Waals surface area contributed by atoms with Gasteiger partial charge < -0.3 is 48.4 Å². The van der Waals surface area contributed by atoms with Gasteiger partial charge in [0.05, 0.1) is 26.3 Å². The summed E-state index contributed by atoms with van der Waals surface area (Å²) >= 11 is 0. The van der Waals surface area contributed by atoms with Crippen molar-refractivity contribution < 1.29 is 50.4 Å². The standard InChI is InChI=1S/C16H21NO4.C15H19NO3.CH3.BrH.Mg/c1-11(12-4-6-14(21-3)7-5-12)17-9-13(8-16(17)19)15(18)10-20-2;1-10(12-4-6-14(19-3)7-5-12)16-9-13(11(2)17)8-15(16)18;;;/h4-7,11,13H,8-10H2,1-3H3;4-7,10,13H,8-9H2,1-3H3;1H3;1H;/q;;-1;;+2/p-1/t11-,13-;10-,13-;;;/m00.../s1. The molecule has 0 bridgehead atoms. The van der Waals surface area contributed by atoms with Gasteiger partial charge in [0.25, 0.3) is 0 Å². The van der Waals surface area contributed by atoms with E-state index in [9.17, 15) is 19.2 Å². The van der Waals surface area contributed by atoms with Crippen molar-refractivity contribution in [3.8, 4) is 11.5 Å². The van der Waals surface area contributed by atoms with E-state index in [1.165, 1.54) is 7.11 Å². The largest absolute Gasteiger partial charge is 2.00 e. The Morgan fingerprint density at radius 1 is 0.767 bits per heavy atom. The number of rotatable bonds is 10. The van der Waals surface area contributed by atoms with Crippen molar-refractivity contribution in [2.45, 2.75) is 45.7 Å². The summed E-state index contributed by atoms with van der Waals surface area (Å²) in [5.74, 6) is 1.35. The molecule has 2 saturated heterocycles. The van der Waals surface area contributed by atoms with E-state index in [1.54, 1.807) is 30.9 Å². The Kier molecular flexibility index (Phi) is 17.9. The second kappa shape index (κ2) is 19.0. The second-order valence-corrected chi connectivity index (χ2v) is 10.3. The monoisotopic (exact) mass is 670 g/mol. The zero-order valence-corrected chi connectivity index (χ0v) is 29.3. The van der Waals surface area contributed by atoms with Crippen LogP contribution in [-0.2, 0) is 23.9 Å². The number of ketones is 2. The van der Waals surface area contributed by atoms with Gasteiger partial charge in [0.1, 0.15) is 23.9 Å². The zero-order valence-electron chi connectivity index (χ0n) is 26.3. The normalized spacial score (nSPS) is 18.7. The Morgan fingerprint density at radius 3 is 1.47 bits per heavy atom. The van der Waals surface area contributed by atoms with Crippen LogP contribution < -0.4 is 26.5 Å². The molecule has 0 saturated carbocycles. The third-order valence-electron chi connectivity index (χ3n) is 7.77. The Balaban J connectivity index is 0.000000770. The summed E-state index contributed by atoms with van der Waals surface area (Å²) in [7, 11) is 4.74. The van der Waals surface area contributed by atoms with E-state index in [2.05, 4.69) is 0 Å². The number of nitrogens with zero attached hydrogens (tertiary/aromatic N) is 2. The van der Waals surface area contributed by atoms with Crippen molar-refractivity contribution in [3.05, 3.63) is 67.1 Å². The van der Waals surface area contributed by atoms with Gasteiger partial charge in [0, 0.05) is 44.9 Å². The Morgan fingerprint density at radius 2 is 1.14 bits per heavy atom. The van der Waals surface area contributed by atoms with Gasteiger partial charge in [0.2, 0.25) is 11.8 Å². The van der Waals surface area contributed by atoms with Crippen LogP contribution in [0.3, 0.4) is 0 Å². The molecule has 2 aliphatic rings. The maximum absolute atomic E-state index is 12.1. The second-order valence-electron chi connectivity index (χ2n) is 10.3. The summed E-state index contributed by atoms with van der Waals surface area (Å²) in [4.78, 5) is 50.9. The van der Waals surface area contributed by atoms with Crippen LogP contribution in [0.1, 0.15) is 56.8 Å². The van der Waals surface area contributed by atoms with Gasteiger partial charge in [-0.3, -0.25) is 19.2 Å². The molecule has 0 unspecified atom stereocenters. The van der Waals surface area contributed by atoms with Crippen LogP contribution in [0.2, 0.25) is 0 Å². The summed E-state index contributed by atoms with van der Waals surface area (Å²) in [6.45, 7) is 6.59. The van der Waals surface area contributed by atoms with Crippen molar-refractivity contribution in [1.82, 2.24) is 9.80 Å². The fraction of sp³-hybridized carbons (Fsp3) is 0.469. The van der Waals surface area contributed by atoms with Crippen LogP contribution in [0.5, 0.6) is 11.5 Å². The SMILES string of the molecule is COCC(=O)[C@H]1CC(=O)N([C@@H](C)c2ccc(OC)cc2)C1.COc1ccc([C@H](C)N2C[C@@H](C(C)=O)CC2=O)cc1.[Br-].[CH3-].[Mg+2]. The van der Waals surface area contributed by atoms with E-state index in [1.807, 2.05) is 62.4 Å². The molecule has 11 heteroatoms. The molecule has 0 aromatic heterocycles. The predicted octanol–water partition coefficient (Wildman–Crippen LogP) is 1.09. The number of methoxy groups -OCH3 is 3. The Bertz CT molecular complexity index is 1190. The first-order chi connectivity index (χ1) is 19.1. The zero-order chi connectivity index (χ0) is 29.4. The molecular formula is C32H43BrMgN2O7. The van der Waals surface area contributed by atoms with Crippen LogP contribution >= 0.6 is 0 Å². The number of carbonyl (C=O) groups excluding carboxylic acids is 4. The van der Waals surface area contributed by atoms with Crippen molar-refractivity contribution in [2.24, 2.45) is 11.8 Å². The van der Waals surface area contributed by atoms with Crippen LogP contribution in [0.4, 0.5) is 0 Å². The van der Waals surface area contributed by atoms with E-state index in [0.717, 1.165) is 22.6 Å². The van der Waals surface area contributed by atoms with Crippen LogP contribution in [0.15, 0.2) is 48.5 Å². The first kappa shape index (κ1) is 40.5. The number of halogens is 1. The maximum atomic E-state index is 12.1. The van der Waals surface area contributed by atoms with Crippen LogP contribution in [0, 0.1) is 19.3 Å². The Labute approximate surface area is 282 Å². The molecule has 2 aromatic rings. The van der Waals surface area contributed by atoms with Gasteiger partial charge in [0.15, 0.2) is 5.78 Å². The minimum atomic E-state index is -0.252. The smallest absolute Gasteiger partial charge is 1.00 e. The molecule has 2 amide bonds. The number of likely N-dealkylation sites (tertiary alicyclic amines) is 2. The average molecular weight is 672 g/mol. The number of amides is 2. The number of hydrogen-bond acceptors (Lipinski definition) is 7. The first-order valence-electron chi connectivity index (χ1n) is 13.5. The molecule has 2 heterocycles. The molecule has 0 radical (unpaired) electrons. The fourth-order valence-corrected chi connectivity index (χ4v) is 5.08. The average Bonchev–Trinajstić information content (AvgIpc) is 3.55. The van der Waals surface area contributed by atoms with Crippen molar-refractivity contribution in [3.63, 3.8) is 0 Å². The van der Waals surface area contributed by atoms with E-state index < -0.39 is 0 Å². The topological polar surface area (TPSA) is 102 Å². The summed E-state index contributed by atoms with van der Waals surface area (Å²) in [6.07, 6.45) is 0.624. The third kappa shape index (κ3) is 10.6. The first-order valence-corrected chi connectivity index (χ1v) is 13.5. The summed E-state index contributed by atoms with van der Waals surface area (Å²) in [6, 6.07) is 15.3. The van der Waals surface area contributed by atoms with E-state index in [-0.39, 0.29) is 108 Å². The molecule has 4 atom stereocenters. The maximum Gasteiger partial charge on any atom is 2.00 e. The number of benzene rings is 2. The molecule has 2 aromatic carbocycles. The Hall–Kier alpha value is -2.47. The van der Waals surface area contributed by atoms with Crippen LogP contribution in [0.25, 0.3) is 0 Å². The van der Waals surface area contributed by atoms with E-state index >= 15 is 0 Å². The molecule has 2 fully saturated rings. The minimum absolute atomic E-state index is 0. The van der Waals surface area contributed by atoms with Gasteiger partial charge in [-0.25, -0.2) is 0 Å². The van der Waals surface area contributed by atoms with E-state index in [4.69, 9.17) is 14.2 Å². The summed E-state index contributed by atoms with van der Waals surface area (Å²) in [5, 5.41) is 0. The van der Waals surface area contributed by atoms with Crippen molar-refractivity contribution in [1.29, 1.82) is 0 Å². The molecule has 232 valence electrons. The molecule has 0 spiro atoms. The third-order valence-corrected chi connectivity index (χ3v) is 7.77. The van der Waals surface area contributed by atoms with E-state index in [0.29, 0.717) is 19.5 Å². The summed E-state index contributed by atoms with van der Waals surface area (Å²) < 4.78 is 15.1. The van der Waals surface area contributed by atoms with Crippen LogP contribution in [-0.4, -0.2) is 97.3 Å². The molecule has 0 aliphatic carbocycles. The summed E-state index contributed by atoms with van der Waals surface area (Å²) in [5.41, 5.74) is 2.09. The quantitative estimate of drug-likeness (QED) is 0.275. The van der Waals surface area contributed by atoms with Gasteiger partial charge in [-0.05, 0) is 56.2 Å². The number of hydrogen-bond donors (Lipinski definition) is 0. The molecule has 4 rings (SSSR count). The molecule has 2 aliphatic heterocycles. The number of carbonyl (C=O) groups is 4. The number of ether oxygens (including phenoxy) is 3. The van der Waals surface area contributed by atoms with Gasteiger partial charge in [-0.1, -0.05) is 24.3 Å². The minimum Gasteiger partial charge on any atom is -1.00 e. The fourth-order valence-electron chi connectivity index (χ4n) is 5.08. The predicted molar refractivity (Wildman–Crippen MR) is 162 cm³/mol. The van der Waals surface area contributed by atoms with Gasteiger partial charge in [-0.15, -0.1) is 0 Å². The molecular weight excluding hydrogens is 629 g/mol. The van der Waals surface area contributed by atoms with Crippen molar-refractivity contribution in [2.75, 3.05) is 41.0 Å². The number of Topliss-reactive ketones (excluding diaryl/α,β-unsaturated/α-hetero) is 2. The van der Waals surface area contributed by atoms with Crippen molar-refractivity contribution >= 4 is 46.4 Å². The molecule has 0 N–H and O–H groups in total. The molecule has 9 nitrogen and oxygen atoms in total. The van der Waals surface area contributed by atoms with Gasteiger partial charge in [-0.2, -0.15) is 0 Å². The van der Waals surface area contributed by atoms with Gasteiger partial charge >= 0.3 is 23.1 Å². The molecule has 43 heavy (non-hydrogen) atoms.